The molecule has 5 N–H and O–H groups in total. The van der Waals surface area contributed by atoms with Gasteiger partial charge in [-0.1, -0.05) is 74.5 Å². The van der Waals surface area contributed by atoms with Crippen LogP contribution in [0, 0.1) is 5.92 Å². The van der Waals surface area contributed by atoms with Crippen molar-refractivity contribution < 1.29 is 37.5 Å². The Bertz CT molecular complexity index is 1100. The molecule has 0 aliphatic carbocycles. The standard InChI is InChI=1S/C26H34N4O3.C2HF3O2/c1-17(2)22(28-24(31)18(3)27)26(33)30-16-10-15-21(30)25(32)29-23(19-11-6-4-7-12-19)20-13-8-5-9-14-20;3-2(4,5)1(6)7/h4-9,11-14,17-18,21-23H,10,15-16,27H2,1-3H3,(H,28,31)(H,29,32);(H,6,7)/t18-,21+,22+;/m1./s1. The van der Waals surface area contributed by atoms with Gasteiger partial charge in [0, 0.05) is 6.54 Å². The highest BCUT2D eigenvalue weighted by Crippen LogP contribution is 2.25. The number of amides is 3. The Labute approximate surface area is 230 Å². The van der Waals surface area contributed by atoms with Gasteiger partial charge in [-0.15, -0.1) is 0 Å². The average Bonchev–Trinajstić information content (AvgIpc) is 3.40. The lowest BCUT2D eigenvalue weighted by atomic mass is 9.98. The van der Waals surface area contributed by atoms with E-state index in [1.54, 1.807) is 11.8 Å². The number of hydrogen-bond donors (Lipinski definition) is 4. The van der Waals surface area contributed by atoms with Crippen LogP contribution in [0.2, 0.25) is 0 Å². The number of carbonyl (C=O) groups excluding carboxylic acids is 3. The van der Waals surface area contributed by atoms with E-state index in [0.29, 0.717) is 13.0 Å². The molecule has 0 radical (unpaired) electrons. The van der Waals surface area contributed by atoms with Crippen molar-refractivity contribution in [3.63, 3.8) is 0 Å². The molecule has 0 spiro atoms. The van der Waals surface area contributed by atoms with Gasteiger partial charge >= 0.3 is 12.1 Å². The first kappa shape index (κ1) is 32.3. The molecule has 1 aliphatic heterocycles. The minimum absolute atomic E-state index is 0.133. The van der Waals surface area contributed by atoms with E-state index < -0.39 is 30.3 Å². The van der Waals surface area contributed by atoms with Crippen molar-refractivity contribution in [1.29, 1.82) is 0 Å². The fourth-order valence-corrected chi connectivity index (χ4v) is 4.17. The molecule has 2 aromatic carbocycles. The number of nitrogens with one attached hydrogen (secondary N) is 2. The Morgan fingerprint density at radius 3 is 1.80 bits per heavy atom. The lowest BCUT2D eigenvalue weighted by Crippen LogP contribution is -2.57. The molecule has 3 rings (SSSR count). The summed E-state index contributed by atoms with van der Waals surface area (Å²) in [6.07, 6.45) is -3.77. The van der Waals surface area contributed by atoms with Crippen molar-refractivity contribution in [2.24, 2.45) is 11.7 Å². The van der Waals surface area contributed by atoms with Gasteiger partial charge in [0.25, 0.3) is 0 Å². The van der Waals surface area contributed by atoms with E-state index in [9.17, 15) is 27.6 Å². The SMILES string of the molecule is CC(C)[C@H](NC(=O)[C@@H](C)N)C(=O)N1CCC[C@H]1C(=O)NC(c1ccccc1)c1ccccc1.O=C(O)C(F)(F)F. The number of halogens is 3. The van der Waals surface area contributed by atoms with Gasteiger partial charge in [0.15, 0.2) is 0 Å². The van der Waals surface area contributed by atoms with Gasteiger partial charge in [0.2, 0.25) is 17.7 Å². The van der Waals surface area contributed by atoms with Gasteiger partial charge in [-0.3, -0.25) is 14.4 Å². The second-order valence-corrected chi connectivity index (χ2v) is 9.77. The highest BCUT2D eigenvalue weighted by atomic mass is 19.4. The van der Waals surface area contributed by atoms with E-state index in [4.69, 9.17) is 15.6 Å². The van der Waals surface area contributed by atoms with Gasteiger partial charge in [-0.25, -0.2) is 4.79 Å². The molecule has 1 heterocycles. The summed E-state index contributed by atoms with van der Waals surface area (Å²) in [5.41, 5.74) is 7.62. The molecule has 3 atom stereocenters. The zero-order valence-electron chi connectivity index (χ0n) is 22.5. The first-order chi connectivity index (χ1) is 18.7. The molecule has 40 heavy (non-hydrogen) atoms. The van der Waals surface area contributed by atoms with Gasteiger partial charge < -0.3 is 26.4 Å². The molecule has 9 nitrogen and oxygen atoms in total. The van der Waals surface area contributed by atoms with Gasteiger partial charge in [-0.2, -0.15) is 13.2 Å². The average molecular weight is 565 g/mol. The number of carboxylic acid groups (broad SMARTS) is 1. The maximum Gasteiger partial charge on any atom is 0.490 e. The monoisotopic (exact) mass is 564 g/mol. The molecule has 0 bridgehead atoms. The summed E-state index contributed by atoms with van der Waals surface area (Å²) in [4.78, 5) is 49.5. The lowest BCUT2D eigenvalue weighted by Gasteiger charge is -2.32. The minimum Gasteiger partial charge on any atom is -0.475 e. The van der Waals surface area contributed by atoms with Crippen LogP contribution in [0.4, 0.5) is 13.2 Å². The second-order valence-electron chi connectivity index (χ2n) is 9.77. The summed E-state index contributed by atoms with van der Waals surface area (Å²) >= 11 is 0. The molecule has 218 valence electrons. The number of nitrogens with zero attached hydrogens (tertiary/aromatic N) is 1. The summed E-state index contributed by atoms with van der Waals surface area (Å²) in [6, 6.07) is 17.2. The Hall–Kier alpha value is -3.93. The molecule has 1 fully saturated rings. The summed E-state index contributed by atoms with van der Waals surface area (Å²) in [5, 5.41) is 13.0. The predicted octanol–water partition coefficient (Wildman–Crippen LogP) is 3.00. The third-order valence-corrected chi connectivity index (χ3v) is 6.28. The molecule has 0 saturated carbocycles. The molecule has 0 aromatic heterocycles. The second kappa shape index (κ2) is 14.5. The highest BCUT2D eigenvalue weighted by Gasteiger charge is 2.40. The number of alkyl halides is 3. The van der Waals surface area contributed by atoms with Crippen LogP contribution >= 0.6 is 0 Å². The fourth-order valence-electron chi connectivity index (χ4n) is 4.17. The largest absolute Gasteiger partial charge is 0.490 e. The van der Waals surface area contributed by atoms with Crippen LogP contribution in [-0.2, 0) is 19.2 Å². The number of hydrogen-bond acceptors (Lipinski definition) is 5. The zero-order valence-corrected chi connectivity index (χ0v) is 22.5. The van der Waals surface area contributed by atoms with E-state index in [0.717, 1.165) is 17.5 Å². The van der Waals surface area contributed by atoms with Crippen molar-refractivity contribution in [1.82, 2.24) is 15.5 Å². The van der Waals surface area contributed by atoms with Crippen molar-refractivity contribution >= 4 is 23.7 Å². The lowest BCUT2D eigenvalue weighted by molar-refractivity contribution is -0.192. The van der Waals surface area contributed by atoms with Crippen molar-refractivity contribution in [2.45, 2.75) is 64.0 Å². The third kappa shape index (κ3) is 9.08. The highest BCUT2D eigenvalue weighted by molar-refractivity contribution is 5.93. The number of aliphatic carboxylic acids is 1. The van der Waals surface area contributed by atoms with E-state index in [1.807, 2.05) is 74.5 Å². The number of benzene rings is 2. The van der Waals surface area contributed by atoms with Gasteiger partial charge in [-0.05, 0) is 36.8 Å². The van der Waals surface area contributed by atoms with Crippen LogP contribution in [0.3, 0.4) is 0 Å². The van der Waals surface area contributed by atoms with Crippen LogP contribution in [0.25, 0.3) is 0 Å². The third-order valence-electron chi connectivity index (χ3n) is 6.28. The number of nitrogens with two attached hydrogens (primary N) is 1. The zero-order chi connectivity index (χ0) is 30.0. The van der Waals surface area contributed by atoms with Crippen molar-refractivity contribution in [3.8, 4) is 0 Å². The Kier molecular flexibility index (Phi) is 11.7. The van der Waals surface area contributed by atoms with Crippen LogP contribution in [0.15, 0.2) is 60.7 Å². The van der Waals surface area contributed by atoms with Crippen LogP contribution in [0.5, 0.6) is 0 Å². The van der Waals surface area contributed by atoms with Crippen LogP contribution < -0.4 is 16.4 Å². The first-order valence-electron chi connectivity index (χ1n) is 12.8. The molecule has 1 saturated heterocycles. The van der Waals surface area contributed by atoms with Crippen molar-refractivity contribution in [3.05, 3.63) is 71.8 Å². The molecule has 3 amide bonds. The van der Waals surface area contributed by atoms with Gasteiger partial charge in [0.05, 0.1) is 12.1 Å². The maximum absolute atomic E-state index is 13.4. The van der Waals surface area contributed by atoms with Crippen molar-refractivity contribution in [2.75, 3.05) is 6.54 Å². The Balaban J connectivity index is 0.000000708. The summed E-state index contributed by atoms with van der Waals surface area (Å²) in [5.74, 6) is -3.71. The van der Waals surface area contributed by atoms with E-state index in [2.05, 4.69) is 10.6 Å². The van der Waals surface area contributed by atoms with E-state index in [-0.39, 0.29) is 29.7 Å². The number of likely N-dealkylation sites (tertiary alicyclic amines) is 1. The van der Waals surface area contributed by atoms with E-state index >= 15 is 0 Å². The topological polar surface area (TPSA) is 142 Å². The smallest absolute Gasteiger partial charge is 0.475 e. The first-order valence-corrected chi connectivity index (χ1v) is 12.8. The quantitative estimate of drug-likeness (QED) is 0.389. The molecule has 12 heteroatoms. The van der Waals surface area contributed by atoms with Gasteiger partial charge in [0.1, 0.15) is 12.1 Å². The Morgan fingerprint density at radius 1 is 0.925 bits per heavy atom. The molecule has 1 aliphatic rings. The van der Waals surface area contributed by atoms with E-state index in [1.165, 1.54) is 0 Å². The number of carboxylic acids is 1. The molecular weight excluding hydrogens is 529 g/mol. The Morgan fingerprint density at radius 2 is 1.40 bits per heavy atom. The summed E-state index contributed by atoms with van der Waals surface area (Å²) < 4.78 is 31.7. The predicted molar refractivity (Wildman–Crippen MR) is 142 cm³/mol. The summed E-state index contributed by atoms with van der Waals surface area (Å²) in [6.45, 7) is 5.80. The van der Waals surface area contributed by atoms with Crippen LogP contribution in [-0.4, -0.2) is 64.5 Å². The fraction of sp³-hybridized carbons (Fsp3) is 0.429. The molecule has 2 aromatic rings. The number of rotatable bonds is 8. The normalized spacial score (nSPS) is 16.5. The number of carbonyl (C=O) groups is 4. The molecule has 0 unspecified atom stereocenters. The maximum atomic E-state index is 13.4. The summed E-state index contributed by atoms with van der Waals surface area (Å²) in [7, 11) is 0. The molecular formula is C28H35F3N4O5. The minimum atomic E-state index is -5.08. The van der Waals surface area contributed by atoms with Crippen LogP contribution in [0.1, 0.15) is 50.8 Å².